The monoisotopic (exact) mass is 346 g/mol. The number of hydrogen-bond donors (Lipinski definition) is 1. The van der Waals surface area contributed by atoms with Gasteiger partial charge >= 0.3 is 0 Å². The smallest absolute Gasteiger partial charge is 0.127 e. The Morgan fingerprint density at radius 3 is 2.62 bits per heavy atom. The molecule has 2 aromatic rings. The molecule has 1 saturated heterocycles. The van der Waals surface area contributed by atoms with Crippen LogP contribution in [-0.2, 0) is 0 Å². The number of benzene rings is 2. The molecule has 1 N–H and O–H groups in total. The van der Waals surface area contributed by atoms with Gasteiger partial charge in [0.15, 0.2) is 0 Å². The third kappa shape index (κ3) is 4.61. The molecule has 4 nitrogen and oxygen atoms in total. The molecule has 24 heavy (non-hydrogen) atoms. The molecule has 0 spiro atoms. The van der Waals surface area contributed by atoms with E-state index in [0.717, 1.165) is 42.5 Å². The zero-order valence-electron chi connectivity index (χ0n) is 13.6. The van der Waals surface area contributed by atoms with Gasteiger partial charge < -0.3 is 14.7 Å². The number of rotatable bonds is 5. The minimum atomic E-state index is -0.521. The molecular formula is C19H23ClN2O2. The van der Waals surface area contributed by atoms with Crippen LogP contribution in [0.2, 0.25) is 0 Å². The Balaban J connectivity index is 0.00000208. The molecule has 0 aromatic heterocycles. The van der Waals surface area contributed by atoms with Crippen molar-refractivity contribution in [2.45, 2.75) is 18.9 Å². The zero-order chi connectivity index (χ0) is 16.1. The average Bonchev–Trinajstić information content (AvgIpc) is 2.60. The Kier molecular flexibility index (Phi) is 6.86. The number of aliphatic hydroxyl groups is 1. The highest BCUT2D eigenvalue weighted by atomic mass is 35.5. The second-order valence-corrected chi connectivity index (χ2v) is 6.15. The summed E-state index contributed by atoms with van der Waals surface area (Å²) >= 11 is 0. The standard InChI is InChI=1S/C19H22N2O2.ClH/c20-12-15-8-10-21(11-9-15)13-17(22)14-23-19-7-3-5-16-4-1-2-6-18(16)19;/h1-7,15,17,22H,8-11,13-14H2;1H. The summed E-state index contributed by atoms with van der Waals surface area (Å²) in [6.07, 6.45) is 1.27. The molecule has 5 heteroatoms. The lowest BCUT2D eigenvalue weighted by Crippen LogP contribution is -2.40. The first-order chi connectivity index (χ1) is 11.3. The Labute approximate surface area is 149 Å². The predicted molar refractivity (Wildman–Crippen MR) is 97.5 cm³/mol. The van der Waals surface area contributed by atoms with E-state index in [-0.39, 0.29) is 24.9 Å². The highest BCUT2D eigenvalue weighted by Crippen LogP contribution is 2.25. The number of piperidine rings is 1. The van der Waals surface area contributed by atoms with E-state index >= 15 is 0 Å². The molecular weight excluding hydrogens is 324 g/mol. The number of nitrogens with zero attached hydrogens (tertiary/aromatic N) is 2. The number of halogens is 1. The topological polar surface area (TPSA) is 56.5 Å². The molecule has 1 heterocycles. The molecule has 1 aliphatic rings. The third-order valence-electron chi connectivity index (χ3n) is 4.42. The molecule has 0 saturated carbocycles. The van der Waals surface area contributed by atoms with Crippen LogP contribution in [0.15, 0.2) is 42.5 Å². The largest absolute Gasteiger partial charge is 0.490 e. The van der Waals surface area contributed by atoms with Crippen LogP contribution in [0.5, 0.6) is 5.75 Å². The number of β-amino-alcohol motifs (C(OH)–C–C–N with tert-alkyl or cyclic N) is 1. The molecule has 2 aromatic carbocycles. The van der Waals surface area contributed by atoms with Gasteiger partial charge in [-0.1, -0.05) is 36.4 Å². The molecule has 0 aliphatic carbocycles. The summed E-state index contributed by atoms with van der Waals surface area (Å²) in [5.41, 5.74) is 0. The maximum atomic E-state index is 10.2. The first-order valence-electron chi connectivity index (χ1n) is 8.17. The second kappa shape index (κ2) is 8.89. The van der Waals surface area contributed by atoms with Crippen LogP contribution in [-0.4, -0.2) is 42.4 Å². The van der Waals surface area contributed by atoms with Crippen LogP contribution < -0.4 is 4.74 Å². The van der Waals surface area contributed by atoms with Gasteiger partial charge in [0, 0.05) is 17.8 Å². The van der Waals surface area contributed by atoms with Crippen molar-refractivity contribution in [3.8, 4) is 11.8 Å². The maximum Gasteiger partial charge on any atom is 0.127 e. The summed E-state index contributed by atoms with van der Waals surface area (Å²) in [6, 6.07) is 16.4. The van der Waals surface area contributed by atoms with Crippen LogP contribution in [0.25, 0.3) is 10.8 Å². The van der Waals surface area contributed by atoms with Gasteiger partial charge in [-0.15, -0.1) is 12.4 Å². The Morgan fingerprint density at radius 1 is 1.17 bits per heavy atom. The number of ether oxygens (including phenoxy) is 1. The first kappa shape index (κ1) is 18.5. The van der Waals surface area contributed by atoms with E-state index in [9.17, 15) is 5.11 Å². The summed E-state index contributed by atoms with van der Waals surface area (Å²) in [5.74, 6) is 0.987. The number of nitriles is 1. The number of likely N-dealkylation sites (tertiary alicyclic amines) is 1. The van der Waals surface area contributed by atoms with Gasteiger partial charge in [-0.05, 0) is 37.4 Å². The highest BCUT2D eigenvalue weighted by molar-refractivity contribution is 5.88. The Bertz CT molecular complexity index is 688. The van der Waals surface area contributed by atoms with Crippen LogP contribution in [0.4, 0.5) is 0 Å². The van der Waals surface area contributed by atoms with Crippen LogP contribution in [0.1, 0.15) is 12.8 Å². The fraction of sp³-hybridized carbons (Fsp3) is 0.421. The van der Waals surface area contributed by atoms with E-state index < -0.39 is 6.10 Å². The molecule has 128 valence electrons. The molecule has 0 bridgehead atoms. The SMILES string of the molecule is Cl.N#CC1CCN(CC(O)COc2cccc3ccccc23)CC1. The minimum absolute atomic E-state index is 0. The van der Waals surface area contributed by atoms with E-state index in [4.69, 9.17) is 10.00 Å². The van der Waals surface area contributed by atoms with Gasteiger partial charge in [0.25, 0.3) is 0 Å². The second-order valence-electron chi connectivity index (χ2n) is 6.15. The fourth-order valence-corrected chi connectivity index (χ4v) is 3.10. The molecule has 0 radical (unpaired) electrons. The van der Waals surface area contributed by atoms with Crippen molar-refractivity contribution in [2.75, 3.05) is 26.2 Å². The van der Waals surface area contributed by atoms with Crippen molar-refractivity contribution in [2.24, 2.45) is 5.92 Å². The zero-order valence-corrected chi connectivity index (χ0v) is 14.4. The van der Waals surface area contributed by atoms with Crippen LogP contribution in [0.3, 0.4) is 0 Å². The normalized spacial score (nSPS) is 17.0. The van der Waals surface area contributed by atoms with Gasteiger partial charge in [-0.2, -0.15) is 5.26 Å². The molecule has 1 atom stereocenters. The first-order valence-corrected chi connectivity index (χ1v) is 8.17. The van der Waals surface area contributed by atoms with Gasteiger partial charge in [-0.3, -0.25) is 0 Å². The van der Waals surface area contributed by atoms with Crippen LogP contribution >= 0.6 is 12.4 Å². The Morgan fingerprint density at radius 2 is 1.88 bits per heavy atom. The van der Waals surface area contributed by atoms with Crippen molar-refractivity contribution < 1.29 is 9.84 Å². The van der Waals surface area contributed by atoms with Gasteiger partial charge in [-0.25, -0.2) is 0 Å². The summed E-state index contributed by atoms with van der Waals surface area (Å²) < 4.78 is 5.84. The lowest BCUT2D eigenvalue weighted by atomic mass is 9.98. The van der Waals surface area contributed by atoms with Gasteiger partial charge in [0.1, 0.15) is 18.5 Å². The summed E-state index contributed by atoms with van der Waals surface area (Å²) in [4.78, 5) is 2.21. The number of fused-ring (bicyclic) bond motifs is 1. The van der Waals surface area contributed by atoms with Crippen molar-refractivity contribution in [1.82, 2.24) is 4.90 Å². The summed E-state index contributed by atoms with van der Waals surface area (Å²) in [5, 5.41) is 21.3. The van der Waals surface area contributed by atoms with E-state index in [0.29, 0.717) is 6.54 Å². The van der Waals surface area contributed by atoms with Crippen LogP contribution in [0, 0.1) is 17.2 Å². The van der Waals surface area contributed by atoms with Crippen molar-refractivity contribution in [3.63, 3.8) is 0 Å². The lowest BCUT2D eigenvalue weighted by molar-refractivity contribution is 0.0588. The number of hydrogen-bond acceptors (Lipinski definition) is 4. The molecule has 0 amide bonds. The summed E-state index contributed by atoms with van der Waals surface area (Å²) in [7, 11) is 0. The van der Waals surface area contributed by atoms with E-state index in [1.165, 1.54) is 0 Å². The van der Waals surface area contributed by atoms with E-state index in [1.54, 1.807) is 0 Å². The van der Waals surface area contributed by atoms with Crippen molar-refractivity contribution in [3.05, 3.63) is 42.5 Å². The van der Waals surface area contributed by atoms with E-state index in [1.807, 2.05) is 30.3 Å². The minimum Gasteiger partial charge on any atom is -0.490 e. The molecule has 1 fully saturated rings. The molecule has 1 unspecified atom stereocenters. The Hall–Kier alpha value is -1.80. The van der Waals surface area contributed by atoms with Crippen molar-refractivity contribution >= 4 is 23.2 Å². The maximum absolute atomic E-state index is 10.2. The van der Waals surface area contributed by atoms with Gasteiger partial charge in [0.2, 0.25) is 0 Å². The summed E-state index contributed by atoms with van der Waals surface area (Å²) in [6.45, 7) is 2.64. The van der Waals surface area contributed by atoms with Crippen molar-refractivity contribution in [1.29, 1.82) is 5.26 Å². The lowest BCUT2D eigenvalue weighted by Gasteiger charge is -2.30. The highest BCUT2D eigenvalue weighted by Gasteiger charge is 2.20. The molecule has 3 rings (SSSR count). The fourth-order valence-electron chi connectivity index (χ4n) is 3.10. The number of aliphatic hydroxyl groups excluding tert-OH is 1. The van der Waals surface area contributed by atoms with Gasteiger partial charge in [0.05, 0.1) is 6.07 Å². The quantitative estimate of drug-likeness (QED) is 0.903. The van der Waals surface area contributed by atoms with E-state index in [2.05, 4.69) is 23.1 Å². The molecule has 1 aliphatic heterocycles. The third-order valence-corrected chi connectivity index (χ3v) is 4.42. The average molecular weight is 347 g/mol. The predicted octanol–water partition coefficient (Wildman–Crippen LogP) is 3.24.